The Bertz CT molecular complexity index is 1160. The quantitative estimate of drug-likeness (QED) is 0.418. The summed E-state index contributed by atoms with van der Waals surface area (Å²) in [5.41, 5.74) is 6.32. The summed E-state index contributed by atoms with van der Waals surface area (Å²) in [5.74, 6) is -0.672. The molecule has 8 nitrogen and oxygen atoms in total. The van der Waals surface area contributed by atoms with E-state index in [1.54, 1.807) is 18.3 Å². The number of hydrogen-bond acceptors (Lipinski definition) is 6. The molecule has 0 saturated carbocycles. The Morgan fingerprint density at radius 1 is 1.19 bits per heavy atom. The van der Waals surface area contributed by atoms with Gasteiger partial charge in [-0.15, -0.1) is 10.2 Å². The molecule has 2 N–H and O–H groups in total. The van der Waals surface area contributed by atoms with Gasteiger partial charge in [-0.25, -0.2) is 10.2 Å². The van der Waals surface area contributed by atoms with E-state index >= 15 is 0 Å². The zero-order chi connectivity index (χ0) is 18.8. The van der Waals surface area contributed by atoms with E-state index in [1.807, 2.05) is 24.3 Å². The van der Waals surface area contributed by atoms with Crippen molar-refractivity contribution in [2.75, 3.05) is 5.43 Å². The first-order chi connectivity index (χ1) is 13.2. The molecule has 0 aliphatic rings. The number of hydrazone groups is 1. The van der Waals surface area contributed by atoms with Crippen LogP contribution in [0.15, 0.2) is 53.6 Å². The minimum absolute atomic E-state index is 0.227. The van der Waals surface area contributed by atoms with Crippen LogP contribution in [0.4, 0.5) is 5.95 Å². The smallest absolute Gasteiger partial charge is 0.335 e. The zero-order valence-electron chi connectivity index (χ0n) is 14.5. The van der Waals surface area contributed by atoms with Crippen molar-refractivity contribution >= 4 is 40.2 Å². The number of anilines is 1. The number of aromatic nitrogens is 4. The molecule has 0 bridgehead atoms. The van der Waals surface area contributed by atoms with Crippen LogP contribution in [0.3, 0.4) is 0 Å². The first-order valence-corrected chi connectivity index (χ1v) is 8.41. The van der Waals surface area contributed by atoms with Crippen molar-refractivity contribution in [1.29, 1.82) is 0 Å². The predicted molar refractivity (Wildman–Crippen MR) is 103 cm³/mol. The van der Waals surface area contributed by atoms with Gasteiger partial charge in [-0.1, -0.05) is 30.3 Å². The summed E-state index contributed by atoms with van der Waals surface area (Å²) in [4.78, 5) is 15.4. The fraction of sp³-hybridized carbons (Fsp3) is 0.105. The van der Waals surface area contributed by atoms with Crippen molar-refractivity contribution in [2.45, 2.75) is 13.5 Å². The van der Waals surface area contributed by atoms with Crippen LogP contribution < -0.4 is 5.43 Å². The number of nitrogens with zero attached hydrogens (tertiary/aromatic N) is 5. The third-order valence-corrected chi connectivity index (χ3v) is 4.23. The van der Waals surface area contributed by atoms with Crippen LogP contribution >= 0.6 is 0 Å². The van der Waals surface area contributed by atoms with Crippen molar-refractivity contribution in [2.24, 2.45) is 5.10 Å². The molecule has 2 aromatic heterocycles. The fourth-order valence-electron chi connectivity index (χ4n) is 2.95. The standard InChI is InChI=1S/C19H16N6O2/c1-2-25-15-6-4-3-5-14(15)16-17(25)21-19(24-22-16)23-20-11-12-7-9-13(10-8-12)18(26)27/h3-11H,2H2,1H3,(H,26,27)(H,21,23,24)/b20-11+. The second-order valence-electron chi connectivity index (χ2n) is 5.87. The molecular weight excluding hydrogens is 344 g/mol. The second-order valence-corrected chi connectivity index (χ2v) is 5.87. The number of nitrogens with one attached hydrogen (secondary N) is 1. The van der Waals surface area contributed by atoms with E-state index in [9.17, 15) is 4.79 Å². The monoisotopic (exact) mass is 360 g/mol. The number of carboxylic acid groups (broad SMARTS) is 1. The average Bonchev–Trinajstić information content (AvgIpc) is 3.01. The molecule has 0 fully saturated rings. The predicted octanol–water partition coefficient (Wildman–Crippen LogP) is 3.14. The van der Waals surface area contributed by atoms with Crippen LogP contribution in [0, 0.1) is 0 Å². The second kappa shape index (κ2) is 6.83. The molecule has 4 aromatic rings. The van der Waals surface area contributed by atoms with Gasteiger partial charge in [-0.3, -0.25) is 0 Å². The van der Waals surface area contributed by atoms with Crippen molar-refractivity contribution in [3.63, 3.8) is 0 Å². The molecule has 0 aliphatic heterocycles. The fourth-order valence-corrected chi connectivity index (χ4v) is 2.95. The largest absolute Gasteiger partial charge is 0.478 e. The molecule has 134 valence electrons. The van der Waals surface area contributed by atoms with Gasteiger partial charge < -0.3 is 9.67 Å². The topological polar surface area (TPSA) is 105 Å². The van der Waals surface area contributed by atoms with Crippen LogP contribution in [0.5, 0.6) is 0 Å². The van der Waals surface area contributed by atoms with Gasteiger partial charge in [0.1, 0.15) is 5.52 Å². The lowest BCUT2D eigenvalue weighted by atomic mass is 10.1. The zero-order valence-corrected chi connectivity index (χ0v) is 14.5. The Morgan fingerprint density at radius 3 is 2.70 bits per heavy atom. The van der Waals surface area contributed by atoms with Crippen LogP contribution in [-0.4, -0.2) is 37.0 Å². The third kappa shape index (κ3) is 3.08. The maximum absolute atomic E-state index is 10.9. The maximum atomic E-state index is 10.9. The first kappa shape index (κ1) is 16.6. The normalized spacial score (nSPS) is 11.4. The van der Waals surface area contributed by atoms with Crippen molar-refractivity contribution < 1.29 is 9.90 Å². The number of benzene rings is 2. The molecule has 0 spiro atoms. The van der Waals surface area contributed by atoms with Crippen LogP contribution in [0.25, 0.3) is 22.1 Å². The van der Waals surface area contributed by atoms with Gasteiger partial charge in [0.05, 0.1) is 17.3 Å². The summed E-state index contributed by atoms with van der Waals surface area (Å²) in [6.45, 7) is 2.82. The summed E-state index contributed by atoms with van der Waals surface area (Å²) in [5, 5.41) is 22.4. The Labute approximate surface area is 154 Å². The highest BCUT2D eigenvalue weighted by atomic mass is 16.4. The van der Waals surface area contributed by atoms with Crippen molar-refractivity contribution in [3.8, 4) is 0 Å². The van der Waals surface area contributed by atoms with Gasteiger partial charge >= 0.3 is 5.97 Å². The highest BCUT2D eigenvalue weighted by Crippen LogP contribution is 2.25. The molecule has 0 atom stereocenters. The number of para-hydroxylation sites is 1. The third-order valence-electron chi connectivity index (χ3n) is 4.23. The van der Waals surface area contributed by atoms with E-state index in [0.717, 1.165) is 34.2 Å². The van der Waals surface area contributed by atoms with E-state index in [1.165, 1.54) is 12.1 Å². The molecule has 4 rings (SSSR count). The Morgan fingerprint density at radius 2 is 1.96 bits per heavy atom. The Kier molecular flexibility index (Phi) is 4.21. The molecule has 27 heavy (non-hydrogen) atoms. The molecule has 0 radical (unpaired) electrons. The van der Waals surface area contributed by atoms with Gasteiger partial charge in [0.25, 0.3) is 5.95 Å². The number of fused-ring (bicyclic) bond motifs is 3. The number of aromatic carboxylic acids is 1. The molecule has 8 heteroatoms. The summed E-state index contributed by atoms with van der Waals surface area (Å²) >= 11 is 0. The summed E-state index contributed by atoms with van der Waals surface area (Å²) < 4.78 is 2.08. The highest BCUT2D eigenvalue weighted by Gasteiger charge is 2.13. The van der Waals surface area contributed by atoms with E-state index in [4.69, 9.17) is 5.11 Å². The molecule has 2 aromatic carbocycles. The molecular formula is C19H16N6O2. The van der Waals surface area contributed by atoms with E-state index in [0.29, 0.717) is 5.95 Å². The summed E-state index contributed by atoms with van der Waals surface area (Å²) in [7, 11) is 0. The van der Waals surface area contributed by atoms with Gasteiger partial charge in [0.15, 0.2) is 5.65 Å². The molecule has 0 aliphatic carbocycles. The number of rotatable bonds is 5. The Hall–Kier alpha value is -3.81. The van der Waals surface area contributed by atoms with Crippen molar-refractivity contribution in [3.05, 3.63) is 59.7 Å². The van der Waals surface area contributed by atoms with Crippen LogP contribution in [-0.2, 0) is 6.54 Å². The molecule has 0 unspecified atom stereocenters. The summed E-state index contributed by atoms with van der Waals surface area (Å²) in [6, 6.07) is 14.4. The molecule has 0 amide bonds. The van der Waals surface area contributed by atoms with Gasteiger partial charge in [0.2, 0.25) is 0 Å². The number of aryl methyl sites for hydroxylation is 1. The molecule has 0 saturated heterocycles. The SMILES string of the molecule is CCn1c2ccccc2c2nnc(N/N=C/c3ccc(C(=O)O)cc3)nc21. The lowest BCUT2D eigenvalue weighted by Gasteiger charge is -2.02. The molecule has 2 heterocycles. The number of carboxylic acids is 1. The van der Waals surface area contributed by atoms with Gasteiger partial charge in [-0.05, 0) is 30.7 Å². The minimum Gasteiger partial charge on any atom is -0.478 e. The Balaban J connectivity index is 1.61. The van der Waals surface area contributed by atoms with Crippen molar-refractivity contribution in [1.82, 2.24) is 19.7 Å². The van der Waals surface area contributed by atoms with Gasteiger partial charge in [-0.2, -0.15) is 10.1 Å². The average molecular weight is 360 g/mol. The minimum atomic E-state index is -0.962. The maximum Gasteiger partial charge on any atom is 0.335 e. The van der Waals surface area contributed by atoms with Gasteiger partial charge in [0, 0.05) is 11.9 Å². The van der Waals surface area contributed by atoms with Crippen LogP contribution in [0.2, 0.25) is 0 Å². The van der Waals surface area contributed by atoms with E-state index < -0.39 is 5.97 Å². The lowest BCUT2D eigenvalue weighted by molar-refractivity contribution is 0.0697. The number of hydrogen-bond donors (Lipinski definition) is 2. The van der Waals surface area contributed by atoms with E-state index in [-0.39, 0.29) is 5.56 Å². The highest BCUT2D eigenvalue weighted by molar-refractivity contribution is 6.04. The van der Waals surface area contributed by atoms with E-state index in [2.05, 4.69) is 37.2 Å². The first-order valence-electron chi connectivity index (χ1n) is 8.41. The lowest BCUT2D eigenvalue weighted by Crippen LogP contribution is -2.02. The summed E-state index contributed by atoms with van der Waals surface area (Å²) in [6.07, 6.45) is 1.56. The number of carbonyl (C=O) groups is 1. The van der Waals surface area contributed by atoms with Crippen LogP contribution in [0.1, 0.15) is 22.8 Å².